The molecule has 1 saturated heterocycles. The summed E-state index contributed by atoms with van der Waals surface area (Å²) in [4.78, 5) is 12.9. The van der Waals surface area contributed by atoms with E-state index in [0.717, 1.165) is 29.6 Å². The van der Waals surface area contributed by atoms with Crippen molar-refractivity contribution in [1.29, 1.82) is 0 Å². The van der Waals surface area contributed by atoms with E-state index in [0.29, 0.717) is 30.4 Å². The second-order valence-electron chi connectivity index (χ2n) is 6.26. The molecule has 26 heavy (non-hydrogen) atoms. The first kappa shape index (κ1) is 17.1. The molecule has 0 radical (unpaired) electrons. The van der Waals surface area contributed by atoms with Crippen LogP contribution in [0.2, 0.25) is 0 Å². The Labute approximate surface area is 154 Å². The van der Waals surface area contributed by atoms with Gasteiger partial charge in [0.25, 0.3) is 0 Å². The number of pyridine rings is 1. The molecule has 0 amide bonds. The zero-order valence-corrected chi connectivity index (χ0v) is 15.1. The Morgan fingerprint density at radius 1 is 1.12 bits per heavy atom. The first-order valence-electron chi connectivity index (χ1n) is 8.66. The molecular formula is C19H20N4O2S. The Balaban J connectivity index is 1.47. The Hall–Kier alpha value is -2.38. The van der Waals surface area contributed by atoms with Crippen LogP contribution in [-0.4, -0.2) is 37.6 Å². The fraction of sp³-hybridized carbons (Fsp3) is 0.316. The largest absolute Gasteiger partial charge is 0.381 e. The van der Waals surface area contributed by atoms with E-state index in [1.807, 2.05) is 36.4 Å². The molecule has 3 aromatic rings. The predicted octanol–water partition coefficient (Wildman–Crippen LogP) is 3.20. The molecule has 134 valence electrons. The van der Waals surface area contributed by atoms with E-state index in [2.05, 4.69) is 20.3 Å². The summed E-state index contributed by atoms with van der Waals surface area (Å²) in [5.41, 5.74) is 3.34. The SMILES string of the molecule is O=S(Cc1cccc(Nc2ccc3nccnc3n2)c1)C1CCOCC1. The van der Waals surface area contributed by atoms with Crippen LogP contribution in [0, 0.1) is 0 Å². The first-order chi connectivity index (χ1) is 12.8. The van der Waals surface area contributed by atoms with Crippen LogP contribution in [0.25, 0.3) is 11.2 Å². The Kier molecular flexibility index (Phi) is 5.17. The van der Waals surface area contributed by atoms with Gasteiger partial charge in [0, 0.05) is 53.1 Å². The molecule has 0 bridgehead atoms. The van der Waals surface area contributed by atoms with Gasteiger partial charge < -0.3 is 10.1 Å². The zero-order chi connectivity index (χ0) is 17.8. The van der Waals surface area contributed by atoms with Crippen molar-refractivity contribution in [3.8, 4) is 0 Å². The van der Waals surface area contributed by atoms with Gasteiger partial charge in [-0.15, -0.1) is 0 Å². The predicted molar refractivity (Wildman–Crippen MR) is 103 cm³/mol. The third-order valence-electron chi connectivity index (χ3n) is 4.38. The average molecular weight is 368 g/mol. The molecule has 1 aliphatic rings. The van der Waals surface area contributed by atoms with E-state index in [9.17, 15) is 4.21 Å². The quantitative estimate of drug-likeness (QED) is 0.745. The van der Waals surface area contributed by atoms with E-state index in [1.54, 1.807) is 12.4 Å². The van der Waals surface area contributed by atoms with Crippen molar-refractivity contribution in [3.63, 3.8) is 0 Å². The summed E-state index contributed by atoms with van der Waals surface area (Å²) in [6.45, 7) is 1.43. The highest BCUT2D eigenvalue weighted by atomic mass is 32.2. The van der Waals surface area contributed by atoms with Crippen LogP contribution >= 0.6 is 0 Å². The van der Waals surface area contributed by atoms with E-state index < -0.39 is 10.8 Å². The van der Waals surface area contributed by atoms with E-state index in [1.165, 1.54) is 0 Å². The van der Waals surface area contributed by atoms with Crippen molar-refractivity contribution >= 4 is 33.5 Å². The highest BCUT2D eigenvalue weighted by Crippen LogP contribution is 2.21. The molecule has 6 nitrogen and oxygen atoms in total. The van der Waals surface area contributed by atoms with Gasteiger partial charge in [-0.05, 0) is 42.7 Å². The van der Waals surface area contributed by atoms with Crippen LogP contribution in [0.5, 0.6) is 0 Å². The van der Waals surface area contributed by atoms with Gasteiger partial charge in [0.1, 0.15) is 11.3 Å². The monoisotopic (exact) mass is 368 g/mol. The van der Waals surface area contributed by atoms with Crippen LogP contribution in [0.15, 0.2) is 48.8 Å². The molecule has 4 rings (SSSR count). The lowest BCUT2D eigenvalue weighted by molar-refractivity contribution is 0.0992. The highest BCUT2D eigenvalue weighted by Gasteiger charge is 2.20. The van der Waals surface area contributed by atoms with Crippen molar-refractivity contribution < 1.29 is 8.95 Å². The van der Waals surface area contributed by atoms with Crippen molar-refractivity contribution in [1.82, 2.24) is 15.0 Å². The number of ether oxygens (including phenoxy) is 1. The molecule has 1 atom stereocenters. The third-order valence-corrected chi connectivity index (χ3v) is 6.21. The number of nitrogens with one attached hydrogen (secondary N) is 1. The minimum absolute atomic E-state index is 0.237. The third kappa shape index (κ3) is 4.05. The van der Waals surface area contributed by atoms with Crippen molar-refractivity contribution in [2.75, 3.05) is 18.5 Å². The van der Waals surface area contributed by atoms with E-state index in [-0.39, 0.29) is 5.25 Å². The normalized spacial score (nSPS) is 16.5. The molecule has 1 aliphatic heterocycles. The summed E-state index contributed by atoms with van der Waals surface area (Å²) < 4.78 is 17.9. The lowest BCUT2D eigenvalue weighted by Gasteiger charge is -2.21. The van der Waals surface area contributed by atoms with Crippen molar-refractivity contribution in [3.05, 3.63) is 54.4 Å². The highest BCUT2D eigenvalue weighted by molar-refractivity contribution is 7.84. The number of hydrogen-bond donors (Lipinski definition) is 1. The molecule has 0 spiro atoms. The lowest BCUT2D eigenvalue weighted by Crippen LogP contribution is -2.25. The summed E-state index contributed by atoms with van der Waals surface area (Å²) in [6, 6.07) is 11.8. The van der Waals surface area contributed by atoms with Gasteiger partial charge in [0.05, 0.1) is 0 Å². The smallest absolute Gasteiger partial charge is 0.180 e. The van der Waals surface area contributed by atoms with Crippen LogP contribution in [0.1, 0.15) is 18.4 Å². The van der Waals surface area contributed by atoms with Gasteiger partial charge in [0.2, 0.25) is 0 Å². The number of nitrogens with zero attached hydrogens (tertiary/aromatic N) is 3. The second kappa shape index (κ2) is 7.88. The molecular weight excluding hydrogens is 348 g/mol. The summed E-state index contributed by atoms with van der Waals surface area (Å²) in [7, 11) is -0.872. The minimum Gasteiger partial charge on any atom is -0.381 e. The maximum absolute atomic E-state index is 12.6. The maximum atomic E-state index is 12.6. The van der Waals surface area contributed by atoms with Gasteiger partial charge in [-0.3, -0.25) is 9.19 Å². The molecule has 7 heteroatoms. The number of hydrogen-bond acceptors (Lipinski definition) is 6. The van der Waals surface area contributed by atoms with Crippen LogP contribution < -0.4 is 5.32 Å². The Bertz CT molecular complexity index is 928. The van der Waals surface area contributed by atoms with Crippen LogP contribution in [0.3, 0.4) is 0 Å². The molecule has 1 aromatic carbocycles. The number of rotatable bonds is 5. The van der Waals surface area contributed by atoms with Gasteiger partial charge in [-0.25, -0.2) is 9.97 Å². The first-order valence-corrected chi connectivity index (χ1v) is 10.0. The Morgan fingerprint density at radius 3 is 2.85 bits per heavy atom. The van der Waals surface area contributed by atoms with E-state index >= 15 is 0 Å². The van der Waals surface area contributed by atoms with Crippen LogP contribution in [-0.2, 0) is 21.3 Å². The molecule has 0 aliphatic carbocycles. The van der Waals surface area contributed by atoms with E-state index in [4.69, 9.17) is 4.74 Å². The average Bonchev–Trinajstić information content (AvgIpc) is 2.69. The summed E-state index contributed by atoms with van der Waals surface area (Å²) >= 11 is 0. The molecule has 3 heterocycles. The van der Waals surface area contributed by atoms with Crippen LogP contribution in [0.4, 0.5) is 11.5 Å². The van der Waals surface area contributed by atoms with Crippen molar-refractivity contribution in [2.45, 2.75) is 23.8 Å². The summed E-state index contributed by atoms with van der Waals surface area (Å²) in [5.74, 6) is 1.28. The molecule has 1 unspecified atom stereocenters. The fourth-order valence-corrected chi connectivity index (χ4v) is 4.49. The molecule has 0 saturated carbocycles. The molecule has 1 fully saturated rings. The summed E-state index contributed by atoms with van der Waals surface area (Å²) in [5, 5.41) is 3.53. The summed E-state index contributed by atoms with van der Waals surface area (Å²) in [6.07, 6.45) is 5.05. The van der Waals surface area contributed by atoms with Gasteiger partial charge >= 0.3 is 0 Å². The number of fused-ring (bicyclic) bond motifs is 1. The lowest BCUT2D eigenvalue weighted by atomic mass is 10.2. The number of aromatic nitrogens is 3. The Morgan fingerprint density at radius 2 is 1.96 bits per heavy atom. The number of anilines is 2. The second-order valence-corrected chi connectivity index (χ2v) is 7.97. The maximum Gasteiger partial charge on any atom is 0.180 e. The fourth-order valence-electron chi connectivity index (χ4n) is 3.03. The van der Waals surface area contributed by atoms with Gasteiger partial charge in [0.15, 0.2) is 5.65 Å². The topological polar surface area (TPSA) is 77.0 Å². The van der Waals surface area contributed by atoms with Gasteiger partial charge in [-0.2, -0.15) is 0 Å². The van der Waals surface area contributed by atoms with Crippen molar-refractivity contribution in [2.24, 2.45) is 0 Å². The molecule has 2 aromatic heterocycles. The standard InChI is InChI=1S/C19H20N4O2S/c24-26(16-6-10-25-11-7-16)13-14-2-1-3-15(12-14)22-18-5-4-17-19(23-18)21-9-8-20-17/h1-5,8-9,12,16H,6-7,10-11,13H2,(H,21,22,23). The van der Waals surface area contributed by atoms with Gasteiger partial charge in [-0.1, -0.05) is 12.1 Å². The minimum atomic E-state index is -0.872. The zero-order valence-electron chi connectivity index (χ0n) is 14.3. The number of benzene rings is 1. The molecule has 1 N–H and O–H groups in total.